The third-order valence-corrected chi connectivity index (χ3v) is 2.84. The highest BCUT2D eigenvalue weighted by Gasteiger charge is 2.14. The fourth-order valence-corrected chi connectivity index (χ4v) is 1.90. The summed E-state index contributed by atoms with van der Waals surface area (Å²) in [5.41, 5.74) is 3.15. The third-order valence-electron chi connectivity index (χ3n) is 2.63. The van der Waals surface area contributed by atoms with Gasteiger partial charge in [0.25, 0.3) is 0 Å². The Morgan fingerprint density at radius 3 is 2.56 bits per heavy atom. The summed E-state index contributed by atoms with van der Waals surface area (Å²) in [6.45, 7) is 3.67. The van der Waals surface area contributed by atoms with Gasteiger partial charge in [-0.25, -0.2) is 9.78 Å². The highest BCUT2D eigenvalue weighted by atomic mass is 35.5. The fourth-order valence-electron chi connectivity index (χ4n) is 1.74. The van der Waals surface area contributed by atoms with E-state index in [1.807, 2.05) is 13.8 Å². The fraction of sp³-hybridized carbons (Fsp3) is 0.154. The van der Waals surface area contributed by atoms with E-state index in [2.05, 4.69) is 9.97 Å². The Morgan fingerprint density at radius 1 is 1.17 bits per heavy atom. The molecule has 2 aromatic heterocycles. The quantitative estimate of drug-likeness (QED) is 0.845. The molecule has 0 aliphatic carbocycles. The van der Waals surface area contributed by atoms with E-state index >= 15 is 0 Å². The molecular formula is C13H11ClN2O2. The van der Waals surface area contributed by atoms with Crippen LogP contribution in [0.5, 0.6) is 0 Å². The maximum absolute atomic E-state index is 11.2. The lowest BCUT2D eigenvalue weighted by molar-refractivity contribution is 0.0697. The molecule has 0 aliphatic rings. The zero-order valence-electron chi connectivity index (χ0n) is 9.94. The van der Waals surface area contributed by atoms with E-state index in [-0.39, 0.29) is 5.56 Å². The molecule has 5 heteroatoms. The van der Waals surface area contributed by atoms with Crippen LogP contribution < -0.4 is 0 Å². The molecule has 2 aromatic rings. The third kappa shape index (κ3) is 2.33. The van der Waals surface area contributed by atoms with Crippen LogP contribution in [0.1, 0.15) is 21.6 Å². The van der Waals surface area contributed by atoms with Gasteiger partial charge in [-0.1, -0.05) is 11.6 Å². The molecule has 18 heavy (non-hydrogen) atoms. The monoisotopic (exact) mass is 262 g/mol. The molecule has 0 atom stereocenters. The first-order valence-corrected chi connectivity index (χ1v) is 5.69. The second-order valence-corrected chi connectivity index (χ2v) is 4.39. The van der Waals surface area contributed by atoms with E-state index < -0.39 is 5.97 Å². The van der Waals surface area contributed by atoms with Gasteiger partial charge >= 0.3 is 5.97 Å². The van der Waals surface area contributed by atoms with Crippen LogP contribution in [0.25, 0.3) is 11.1 Å². The lowest BCUT2D eigenvalue weighted by Crippen LogP contribution is -2.02. The molecule has 0 bridgehead atoms. The molecule has 0 saturated carbocycles. The van der Waals surface area contributed by atoms with Gasteiger partial charge in [-0.2, -0.15) is 0 Å². The highest BCUT2D eigenvalue weighted by molar-refractivity contribution is 6.29. The zero-order valence-corrected chi connectivity index (χ0v) is 10.7. The van der Waals surface area contributed by atoms with E-state index in [0.717, 1.165) is 16.8 Å². The van der Waals surface area contributed by atoms with Gasteiger partial charge in [-0.15, -0.1) is 0 Å². The number of hydrogen-bond donors (Lipinski definition) is 1. The van der Waals surface area contributed by atoms with Crippen LogP contribution >= 0.6 is 11.6 Å². The van der Waals surface area contributed by atoms with Crippen LogP contribution in [0.15, 0.2) is 24.5 Å². The topological polar surface area (TPSA) is 63.1 Å². The maximum atomic E-state index is 11.2. The SMILES string of the molecule is Cc1cc(-c2cc(Cl)ncc2C)c(C(=O)O)cn1. The number of carboxylic acids is 1. The number of pyridine rings is 2. The van der Waals surface area contributed by atoms with E-state index in [1.54, 1.807) is 18.3 Å². The van der Waals surface area contributed by atoms with E-state index in [9.17, 15) is 9.90 Å². The first-order chi connectivity index (χ1) is 8.49. The largest absolute Gasteiger partial charge is 0.478 e. The Labute approximate surface area is 109 Å². The molecule has 1 N–H and O–H groups in total. The number of halogens is 1. The molecular weight excluding hydrogens is 252 g/mol. The Morgan fingerprint density at radius 2 is 1.89 bits per heavy atom. The van der Waals surface area contributed by atoms with E-state index in [1.165, 1.54) is 6.20 Å². The number of carbonyl (C=O) groups is 1. The van der Waals surface area contributed by atoms with Crippen molar-refractivity contribution in [2.75, 3.05) is 0 Å². The summed E-state index contributed by atoms with van der Waals surface area (Å²) in [5, 5.41) is 9.52. The molecule has 2 rings (SSSR count). The Balaban J connectivity index is 2.73. The van der Waals surface area contributed by atoms with Crippen molar-refractivity contribution in [3.05, 3.63) is 46.5 Å². The predicted octanol–water partition coefficient (Wildman–Crippen LogP) is 3.11. The van der Waals surface area contributed by atoms with Gasteiger partial charge in [-0.05, 0) is 42.7 Å². The van der Waals surface area contributed by atoms with Crippen LogP contribution in [0, 0.1) is 13.8 Å². The van der Waals surface area contributed by atoms with Crippen molar-refractivity contribution in [3.8, 4) is 11.1 Å². The minimum absolute atomic E-state index is 0.158. The molecule has 0 amide bonds. The number of nitrogens with zero attached hydrogens (tertiary/aromatic N) is 2. The van der Waals surface area contributed by atoms with Crippen LogP contribution in [0.4, 0.5) is 0 Å². The maximum Gasteiger partial charge on any atom is 0.337 e. The van der Waals surface area contributed by atoms with Crippen molar-refractivity contribution in [2.24, 2.45) is 0 Å². The van der Waals surface area contributed by atoms with Crippen molar-refractivity contribution >= 4 is 17.6 Å². The highest BCUT2D eigenvalue weighted by Crippen LogP contribution is 2.28. The van der Waals surface area contributed by atoms with Gasteiger partial charge in [0.15, 0.2) is 0 Å². The Hall–Kier alpha value is -1.94. The second kappa shape index (κ2) is 4.74. The normalized spacial score (nSPS) is 10.4. The second-order valence-electron chi connectivity index (χ2n) is 4.00. The number of aromatic nitrogens is 2. The summed E-state index contributed by atoms with van der Waals surface area (Å²) in [6.07, 6.45) is 2.99. The van der Waals surface area contributed by atoms with Crippen molar-refractivity contribution in [3.63, 3.8) is 0 Å². The van der Waals surface area contributed by atoms with Crippen LogP contribution in [-0.2, 0) is 0 Å². The van der Waals surface area contributed by atoms with Gasteiger partial charge in [0, 0.05) is 18.1 Å². The summed E-state index contributed by atoms with van der Waals surface area (Å²) in [7, 11) is 0. The summed E-state index contributed by atoms with van der Waals surface area (Å²) < 4.78 is 0. The molecule has 0 saturated heterocycles. The lowest BCUT2D eigenvalue weighted by atomic mass is 9.98. The van der Waals surface area contributed by atoms with E-state index in [0.29, 0.717) is 10.7 Å². The molecule has 0 unspecified atom stereocenters. The first kappa shape index (κ1) is 12.5. The number of hydrogen-bond acceptors (Lipinski definition) is 3. The van der Waals surface area contributed by atoms with Gasteiger partial charge in [0.1, 0.15) is 5.15 Å². The van der Waals surface area contributed by atoms with Gasteiger partial charge in [0.2, 0.25) is 0 Å². The summed E-state index contributed by atoms with van der Waals surface area (Å²) >= 11 is 5.86. The molecule has 0 radical (unpaired) electrons. The zero-order chi connectivity index (χ0) is 13.3. The van der Waals surface area contributed by atoms with Crippen LogP contribution in [0.3, 0.4) is 0 Å². The van der Waals surface area contributed by atoms with Crippen molar-refractivity contribution in [1.82, 2.24) is 9.97 Å². The molecule has 92 valence electrons. The molecule has 2 heterocycles. The van der Waals surface area contributed by atoms with Crippen LogP contribution in [0.2, 0.25) is 5.15 Å². The first-order valence-electron chi connectivity index (χ1n) is 5.31. The average Bonchev–Trinajstić information content (AvgIpc) is 2.31. The lowest BCUT2D eigenvalue weighted by Gasteiger charge is -2.10. The van der Waals surface area contributed by atoms with E-state index in [4.69, 9.17) is 11.6 Å². The molecule has 0 aliphatic heterocycles. The Bertz CT molecular complexity index is 626. The number of rotatable bonds is 2. The average molecular weight is 263 g/mol. The standard InChI is InChI=1S/C13H11ClN2O2/c1-7-5-16-12(14)4-9(7)10-3-8(2)15-6-11(10)13(17)18/h3-6H,1-2H3,(H,17,18). The smallest absolute Gasteiger partial charge is 0.337 e. The van der Waals surface area contributed by atoms with Crippen molar-refractivity contribution in [2.45, 2.75) is 13.8 Å². The Kier molecular flexibility index (Phi) is 3.30. The summed E-state index contributed by atoms with van der Waals surface area (Å²) in [5.74, 6) is -1.01. The minimum atomic E-state index is -1.01. The summed E-state index contributed by atoms with van der Waals surface area (Å²) in [6, 6.07) is 3.40. The van der Waals surface area contributed by atoms with Gasteiger partial charge < -0.3 is 5.11 Å². The molecule has 0 aromatic carbocycles. The number of carboxylic acid groups (broad SMARTS) is 1. The van der Waals surface area contributed by atoms with Gasteiger partial charge in [-0.3, -0.25) is 4.98 Å². The minimum Gasteiger partial charge on any atom is -0.478 e. The molecule has 0 spiro atoms. The van der Waals surface area contributed by atoms with Gasteiger partial charge in [0.05, 0.1) is 5.56 Å². The molecule has 0 fully saturated rings. The predicted molar refractivity (Wildman–Crippen MR) is 68.9 cm³/mol. The number of aryl methyl sites for hydroxylation is 2. The van der Waals surface area contributed by atoms with Crippen molar-refractivity contribution < 1.29 is 9.90 Å². The summed E-state index contributed by atoms with van der Waals surface area (Å²) in [4.78, 5) is 19.2. The van der Waals surface area contributed by atoms with Crippen molar-refractivity contribution in [1.29, 1.82) is 0 Å². The van der Waals surface area contributed by atoms with Crippen LogP contribution in [-0.4, -0.2) is 21.0 Å². The number of aromatic carboxylic acids is 1. The molecule has 4 nitrogen and oxygen atoms in total.